The lowest BCUT2D eigenvalue weighted by molar-refractivity contribution is 0.675. The van der Waals surface area contributed by atoms with Gasteiger partial charge in [0, 0.05) is 17.8 Å². The molecule has 3 heterocycles. The third-order valence-corrected chi connectivity index (χ3v) is 4.51. The highest BCUT2D eigenvalue weighted by Gasteiger charge is 2.17. The Kier molecular flexibility index (Phi) is 4.30. The van der Waals surface area contributed by atoms with Crippen LogP contribution in [0.1, 0.15) is 48.9 Å². The van der Waals surface area contributed by atoms with Crippen LogP contribution < -0.4 is 5.32 Å². The van der Waals surface area contributed by atoms with Crippen LogP contribution >= 0.6 is 11.3 Å². The van der Waals surface area contributed by atoms with Crippen molar-refractivity contribution in [1.29, 1.82) is 0 Å². The highest BCUT2D eigenvalue weighted by Crippen LogP contribution is 2.26. The number of aryl methyl sites for hydroxylation is 3. The molecular formula is C16H22N6S. The van der Waals surface area contributed by atoms with E-state index < -0.39 is 0 Å². The van der Waals surface area contributed by atoms with Crippen LogP contribution in [0.15, 0.2) is 5.38 Å². The van der Waals surface area contributed by atoms with E-state index in [9.17, 15) is 0 Å². The minimum absolute atomic E-state index is 0.269. The van der Waals surface area contributed by atoms with Crippen molar-refractivity contribution in [3.05, 3.63) is 27.6 Å². The number of hydrogen-bond donors (Lipinski definition) is 1. The molecule has 23 heavy (non-hydrogen) atoms. The van der Waals surface area contributed by atoms with Gasteiger partial charge in [0.15, 0.2) is 5.82 Å². The fraction of sp³-hybridized carbons (Fsp3) is 0.500. The number of hydrogen-bond acceptors (Lipinski definition) is 6. The molecule has 3 aromatic heterocycles. The number of nitrogens with one attached hydrogen (secondary N) is 1. The second-order valence-corrected chi connectivity index (χ2v) is 6.96. The van der Waals surface area contributed by atoms with E-state index in [1.165, 1.54) is 0 Å². The highest BCUT2D eigenvalue weighted by atomic mass is 32.1. The summed E-state index contributed by atoms with van der Waals surface area (Å²) in [5.74, 6) is 1.95. The van der Waals surface area contributed by atoms with Gasteiger partial charge in [0.1, 0.15) is 16.9 Å². The molecule has 3 rings (SSSR count). The standard InChI is InChI=1S/C16H22N6S/c1-6-22-14-13(10(4)21-22)19-15(9(2)3)20-16(14)17-7-12-8-23-11(5)18-12/h8-9H,6-7H2,1-5H3,(H,17,19,20). The molecule has 0 aliphatic carbocycles. The second-order valence-electron chi connectivity index (χ2n) is 5.89. The van der Waals surface area contributed by atoms with Gasteiger partial charge >= 0.3 is 0 Å². The van der Waals surface area contributed by atoms with Crippen molar-refractivity contribution in [2.24, 2.45) is 0 Å². The van der Waals surface area contributed by atoms with Gasteiger partial charge in [-0.1, -0.05) is 13.8 Å². The Balaban J connectivity index is 2.05. The van der Waals surface area contributed by atoms with E-state index in [4.69, 9.17) is 9.97 Å². The van der Waals surface area contributed by atoms with Gasteiger partial charge in [0.05, 0.1) is 22.9 Å². The molecule has 0 unspecified atom stereocenters. The zero-order chi connectivity index (χ0) is 16.6. The number of nitrogens with zero attached hydrogens (tertiary/aromatic N) is 5. The Hall–Kier alpha value is -2.02. The SMILES string of the molecule is CCn1nc(C)c2nc(C(C)C)nc(NCc3csc(C)n3)c21. The van der Waals surface area contributed by atoms with Gasteiger partial charge in [0.2, 0.25) is 0 Å². The lowest BCUT2D eigenvalue weighted by atomic mass is 10.2. The summed E-state index contributed by atoms with van der Waals surface area (Å²) in [4.78, 5) is 14.0. The zero-order valence-corrected chi connectivity index (χ0v) is 15.0. The number of rotatable bonds is 5. The summed E-state index contributed by atoms with van der Waals surface area (Å²) in [5, 5.41) is 11.2. The van der Waals surface area contributed by atoms with Gasteiger partial charge in [-0.15, -0.1) is 11.3 Å². The molecule has 0 saturated carbocycles. The lowest BCUT2D eigenvalue weighted by Gasteiger charge is -2.11. The maximum absolute atomic E-state index is 4.74. The molecule has 0 aliphatic rings. The van der Waals surface area contributed by atoms with Crippen molar-refractivity contribution < 1.29 is 0 Å². The largest absolute Gasteiger partial charge is 0.362 e. The molecule has 6 nitrogen and oxygen atoms in total. The predicted octanol–water partition coefficient (Wildman–Crippen LogP) is 3.66. The normalized spacial score (nSPS) is 11.6. The molecule has 0 amide bonds. The van der Waals surface area contributed by atoms with Gasteiger partial charge in [-0.2, -0.15) is 5.10 Å². The minimum atomic E-state index is 0.269. The first-order valence-electron chi connectivity index (χ1n) is 7.89. The van der Waals surface area contributed by atoms with Crippen LogP contribution in [-0.4, -0.2) is 24.7 Å². The Morgan fingerprint density at radius 2 is 2.00 bits per heavy atom. The first kappa shape index (κ1) is 15.9. The number of fused-ring (bicyclic) bond motifs is 1. The van der Waals surface area contributed by atoms with Crippen molar-refractivity contribution in [2.45, 2.75) is 53.6 Å². The molecule has 0 saturated heterocycles. The van der Waals surface area contributed by atoms with Crippen LogP contribution in [0.5, 0.6) is 0 Å². The molecule has 0 atom stereocenters. The number of thiazole rings is 1. The van der Waals surface area contributed by atoms with Crippen LogP contribution in [0.3, 0.4) is 0 Å². The fourth-order valence-electron chi connectivity index (χ4n) is 2.52. The molecule has 122 valence electrons. The van der Waals surface area contributed by atoms with E-state index in [0.29, 0.717) is 6.54 Å². The van der Waals surface area contributed by atoms with E-state index in [1.54, 1.807) is 11.3 Å². The minimum Gasteiger partial charge on any atom is -0.362 e. The molecule has 3 aromatic rings. The summed E-state index contributed by atoms with van der Waals surface area (Å²) in [5.41, 5.74) is 3.88. The Labute approximate surface area is 140 Å². The topological polar surface area (TPSA) is 68.5 Å². The summed E-state index contributed by atoms with van der Waals surface area (Å²) in [6.45, 7) is 11.8. The van der Waals surface area contributed by atoms with E-state index in [2.05, 4.69) is 41.6 Å². The second kappa shape index (κ2) is 6.23. The molecule has 0 spiro atoms. The van der Waals surface area contributed by atoms with Crippen LogP contribution in [0.25, 0.3) is 11.0 Å². The van der Waals surface area contributed by atoms with E-state index in [0.717, 1.165) is 45.6 Å². The smallest absolute Gasteiger partial charge is 0.156 e. The van der Waals surface area contributed by atoms with Crippen molar-refractivity contribution in [3.8, 4) is 0 Å². The lowest BCUT2D eigenvalue weighted by Crippen LogP contribution is -2.09. The summed E-state index contributed by atoms with van der Waals surface area (Å²) in [6.07, 6.45) is 0. The molecule has 7 heteroatoms. The van der Waals surface area contributed by atoms with Crippen LogP contribution in [0, 0.1) is 13.8 Å². The first-order valence-corrected chi connectivity index (χ1v) is 8.77. The summed E-state index contributed by atoms with van der Waals surface area (Å²) in [6, 6.07) is 0. The molecule has 0 bridgehead atoms. The molecule has 0 radical (unpaired) electrons. The third kappa shape index (κ3) is 3.06. The highest BCUT2D eigenvalue weighted by molar-refractivity contribution is 7.09. The average molecular weight is 330 g/mol. The summed E-state index contributed by atoms with van der Waals surface area (Å²) >= 11 is 1.66. The zero-order valence-electron chi connectivity index (χ0n) is 14.2. The quantitative estimate of drug-likeness (QED) is 0.773. The number of anilines is 1. The van der Waals surface area contributed by atoms with Gasteiger partial charge in [-0.3, -0.25) is 4.68 Å². The van der Waals surface area contributed by atoms with E-state index in [1.807, 2.05) is 18.5 Å². The molecule has 0 fully saturated rings. The maximum Gasteiger partial charge on any atom is 0.156 e. The van der Waals surface area contributed by atoms with Crippen LogP contribution in [-0.2, 0) is 13.1 Å². The molecule has 1 N–H and O–H groups in total. The first-order chi connectivity index (χ1) is 11.0. The van der Waals surface area contributed by atoms with Gasteiger partial charge in [-0.25, -0.2) is 15.0 Å². The van der Waals surface area contributed by atoms with Crippen molar-refractivity contribution >= 4 is 28.2 Å². The molecule has 0 aromatic carbocycles. The fourth-order valence-corrected chi connectivity index (χ4v) is 3.13. The van der Waals surface area contributed by atoms with Crippen LogP contribution in [0.4, 0.5) is 5.82 Å². The van der Waals surface area contributed by atoms with Gasteiger partial charge in [0.25, 0.3) is 0 Å². The number of aromatic nitrogens is 5. The van der Waals surface area contributed by atoms with E-state index in [-0.39, 0.29) is 5.92 Å². The predicted molar refractivity (Wildman–Crippen MR) is 94.0 cm³/mol. The van der Waals surface area contributed by atoms with Gasteiger partial charge in [-0.05, 0) is 20.8 Å². The molecular weight excluding hydrogens is 308 g/mol. The third-order valence-electron chi connectivity index (χ3n) is 3.69. The van der Waals surface area contributed by atoms with Crippen molar-refractivity contribution in [3.63, 3.8) is 0 Å². The average Bonchev–Trinajstić information content (AvgIpc) is 3.08. The Morgan fingerprint density at radius 1 is 1.22 bits per heavy atom. The maximum atomic E-state index is 4.74. The molecule has 0 aliphatic heterocycles. The van der Waals surface area contributed by atoms with Crippen molar-refractivity contribution in [1.82, 2.24) is 24.7 Å². The Morgan fingerprint density at radius 3 is 2.61 bits per heavy atom. The van der Waals surface area contributed by atoms with Crippen molar-refractivity contribution in [2.75, 3.05) is 5.32 Å². The van der Waals surface area contributed by atoms with Crippen LogP contribution in [0.2, 0.25) is 0 Å². The Bertz CT molecular complexity index is 833. The monoisotopic (exact) mass is 330 g/mol. The van der Waals surface area contributed by atoms with E-state index >= 15 is 0 Å². The van der Waals surface area contributed by atoms with Gasteiger partial charge < -0.3 is 5.32 Å². The summed E-state index contributed by atoms with van der Waals surface area (Å²) < 4.78 is 1.96. The summed E-state index contributed by atoms with van der Waals surface area (Å²) in [7, 11) is 0.